The standard InChI is InChI=1S/C21H15F3N4OS/c22-21(23,24)17-5-3-15(4-6-17)18-19(16-7-10-28(29)11-8-16)30-20(27-18)26-13-14-2-1-9-25-12-14/h1-12,29H,13H2. The monoisotopic (exact) mass is 428 g/mol. The van der Waals surface area contributed by atoms with E-state index in [1.54, 1.807) is 24.5 Å². The number of hydrogen-bond donors (Lipinski definition) is 1. The summed E-state index contributed by atoms with van der Waals surface area (Å²) in [5.74, 6) is 0. The Balaban J connectivity index is 1.70. The van der Waals surface area contributed by atoms with Gasteiger partial charge in [0.1, 0.15) is 0 Å². The van der Waals surface area contributed by atoms with Gasteiger partial charge in [-0.3, -0.25) is 15.2 Å². The Labute approximate surface area is 174 Å². The summed E-state index contributed by atoms with van der Waals surface area (Å²) >= 11 is 1.33. The van der Waals surface area contributed by atoms with Gasteiger partial charge in [0.05, 0.1) is 17.8 Å². The number of halogens is 3. The van der Waals surface area contributed by atoms with E-state index in [0.29, 0.717) is 23.0 Å². The minimum atomic E-state index is -4.40. The molecule has 5 nitrogen and oxygen atoms in total. The average molecular weight is 428 g/mol. The topological polar surface area (TPSA) is 61.1 Å². The molecular formula is C21H15F3N4OS. The predicted molar refractivity (Wildman–Crippen MR) is 110 cm³/mol. The largest absolute Gasteiger partial charge is 0.416 e. The van der Waals surface area contributed by atoms with Gasteiger partial charge in [-0.25, -0.2) is 10.1 Å². The van der Waals surface area contributed by atoms with E-state index in [4.69, 9.17) is 0 Å². The van der Waals surface area contributed by atoms with Crippen LogP contribution < -0.4 is 0 Å². The molecule has 0 saturated heterocycles. The molecule has 0 bridgehead atoms. The third kappa shape index (κ3) is 4.52. The van der Waals surface area contributed by atoms with Crippen molar-refractivity contribution in [1.82, 2.24) is 10.0 Å². The molecule has 0 unspecified atom stereocenters. The maximum atomic E-state index is 12.9. The van der Waals surface area contributed by atoms with Crippen molar-refractivity contribution in [2.24, 2.45) is 9.98 Å². The summed E-state index contributed by atoms with van der Waals surface area (Å²) < 4.78 is 38.7. The predicted octanol–water partition coefficient (Wildman–Crippen LogP) is 5.18. The quantitative estimate of drug-likeness (QED) is 0.732. The van der Waals surface area contributed by atoms with Gasteiger partial charge < -0.3 is 0 Å². The lowest BCUT2D eigenvalue weighted by Crippen LogP contribution is -2.08. The molecule has 0 atom stereocenters. The van der Waals surface area contributed by atoms with Crippen LogP contribution in [-0.2, 0) is 12.7 Å². The van der Waals surface area contributed by atoms with Crippen LogP contribution in [0.1, 0.15) is 16.7 Å². The molecule has 1 aromatic carbocycles. The van der Waals surface area contributed by atoms with Crippen LogP contribution >= 0.6 is 11.8 Å². The van der Waals surface area contributed by atoms with Gasteiger partial charge in [0.15, 0.2) is 5.17 Å². The fourth-order valence-corrected chi connectivity index (χ4v) is 3.77. The lowest BCUT2D eigenvalue weighted by Gasteiger charge is -2.13. The van der Waals surface area contributed by atoms with Crippen LogP contribution in [0, 0.1) is 0 Å². The van der Waals surface area contributed by atoms with Gasteiger partial charge in [-0.2, -0.15) is 13.2 Å². The molecule has 2 aliphatic rings. The van der Waals surface area contributed by atoms with Gasteiger partial charge in [-0.05, 0) is 53.2 Å². The summed E-state index contributed by atoms with van der Waals surface area (Å²) in [5, 5.41) is 10.9. The number of hydroxylamine groups is 2. The molecule has 0 saturated carbocycles. The number of rotatable bonds is 3. The zero-order valence-electron chi connectivity index (χ0n) is 15.4. The minimum absolute atomic E-state index is 0.388. The van der Waals surface area contributed by atoms with Crippen molar-refractivity contribution in [2.75, 3.05) is 0 Å². The molecule has 2 aromatic rings. The van der Waals surface area contributed by atoms with Crippen LogP contribution in [-0.4, -0.2) is 26.1 Å². The lowest BCUT2D eigenvalue weighted by atomic mass is 10.0. The second-order valence-corrected chi connectivity index (χ2v) is 7.37. The van der Waals surface area contributed by atoms with E-state index in [2.05, 4.69) is 15.0 Å². The highest BCUT2D eigenvalue weighted by Gasteiger charge is 2.31. The van der Waals surface area contributed by atoms with Gasteiger partial charge in [0.25, 0.3) is 0 Å². The molecule has 0 fully saturated rings. The van der Waals surface area contributed by atoms with Crippen LogP contribution in [0.4, 0.5) is 13.2 Å². The van der Waals surface area contributed by atoms with E-state index < -0.39 is 11.7 Å². The van der Waals surface area contributed by atoms with E-state index in [1.165, 1.54) is 36.3 Å². The molecule has 3 heterocycles. The van der Waals surface area contributed by atoms with Crippen LogP contribution in [0.15, 0.2) is 93.8 Å². The first kappa shape index (κ1) is 20.1. The number of aromatic nitrogens is 1. The van der Waals surface area contributed by atoms with Crippen LogP contribution in [0.5, 0.6) is 0 Å². The molecule has 30 heavy (non-hydrogen) atoms. The summed E-state index contributed by atoms with van der Waals surface area (Å²) in [7, 11) is 0. The third-order valence-corrected chi connectivity index (χ3v) is 5.33. The number of thioether (sulfide) groups is 1. The number of amidine groups is 1. The van der Waals surface area contributed by atoms with E-state index in [-0.39, 0.29) is 0 Å². The zero-order valence-corrected chi connectivity index (χ0v) is 16.2. The van der Waals surface area contributed by atoms with Crippen molar-refractivity contribution in [3.8, 4) is 0 Å². The van der Waals surface area contributed by atoms with Crippen molar-refractivity contribution in [3.05, 3.63) is 101 Å². The molecular weight excluding hydrogens is 413 g/mol. The maximum Gasteiger partial charge on any atom is 0.416 e. The molecule has 0 radical (unpaired) electrons. The number of pyridine rings is 1. The molecule has 0 spiro atoms. The van der Waals surface area contributed by atoms with Crippen LogP contribution in [0.25, 0.3) is 0 Å². The summed E-state index contributed by atoms with van der Waals surface area (Å²) in [6.07, 6.45) is 5.33. The van der Waals surface area contributed by atoms with Gasteiger partial charge in [-0.15, -0.1) is 0 Å². The van der Waals surface area contributed by atoms with Gasteiger partial charge in [0.2, 0.25) is 0 Å². The Morgan fingerprint density at radius 3 is 2.43 bits per heavy atom. The summed E-state index contributed by atoms with van der Waals surface area (Å²) in [4.78, 5) is 13.9. The Kier molecular flexibility index (Phi) is 5.56. The second-order valence-electron chi connectivity index (χ2n) is 6.39. The Morgan fingerprint density at radius 1 is 1.07 bits per heavy atom. The Hall–Kier alpha value is -3.17. The normalized spacial score (nSPS) is 17.8. The summed E-state index contributed by atoms with van der Waals surface area (Å²) in [6, 6.07) is 8.61. The maximum absolute atomic E-state index is 12.9. The molecule has 9 heteroatoms. The minimum Gasteiger partial charge on any atom is -0.285 e. The molecule has 0 amide bonds. The fraction of sp³-hybridized carbons (Fsp3) is 0.0952. The van der Waals surface area contributed by atoms with Gasteiger partial charge in [0, 0.05) is 35.3 Å². The van der Waals surface area contributed by atoms with Crippen molar-refractivity contribution in [1.29, 1.82) is 0 Å². The third-order valence-electron chi connectivity index (χ3n) is 4.30. The first-order chi connectivity index (χ1) is 14.4. The van der Waals surface area contributed by atoms with E-state index in [1.807, 2.05) is 12.1 Å². The van der Waals surface area contributed by atoms with E-state index in [9.17, 15) is 18.4 Å². The molecule has 1 aromatic heterocycles. The molecule has 4 rings (SSSR count). The van der Waals surface area contributed by atoms with Crippen LogP contribution in [0.2, 0.25) is 0 Å². The van der Waals surface area contributed by atoms with Crippen LogP contribution in [0.3, 0.4) is 0 Å². The van der Waals surface area contributed by atoms with Crippen molar-refractivity contribution in [3.63, 3.8) is 0 Å². The van der Waals surface area contributed by atoms with Gasteiger partial charge >= 0.3 is 6.18 Å². The number of benzene rings is 1. The summed E-state index contributed by atoms with van der Waals surface area (Å²) in [5.41, 5.74) is 2.07. The van der Waals surface area contributed by atoms with Crippen molar-refractivity contribution in [2.45, 2.75) is 12.7 Å². The highest BCUT2D eigenvalue weighted by atomic mass is 32.2. The Morgan fingerprint density at radius 2 is 1.80 bits per heavy atom. The lowest BCUT2D eigenvalue weighted by molar-refractivity contribution is -0.137. The first-order valence-corrected chi connectivity index (χ1v) is 9.67. The Bertz CT molecular complexity index is 1070. The van der Waals surface area contributed by atoms with E-state index >= 15 is 0 Å². The number of allylic oxidation sites excluding steroid dienone is 4. The molecule has 0 aliphatic carbocycles. The highest BCUT2D eigenvalue weighted by Crippen LogP contribution is 2.36. The SMILES string of the molecule is ON1C=CC(=C2SC(=NCc3cccnc3)N=C2c2ccc(C(F)(F)F)cc2)C=C1. The summed E-state index contributed by atoms with van der Waals surface area (Å²) in [6.45, 7) is 0.388. The number of alkyl halides is 3. The zero-order chi connectivity index (χ0) is 21.1. The molecule has 1 N–H and O–H groups in total. The van der Waals surface area contributed by atoms with Crippen molar-refractivity contribution >= 4 is 22.6 Å². The van der Waals surface area contributed by atoms with E-state index in [0.717, 1.165) is 33.2 Å². The highest BCUT2D eigenvalue weighted by molar-refractivity contribution is 8.18. The number of aliphatic imine (C=N–C) groups is 2. The smallest absolute Gasteiger partial charge is 0.285 e. The number of nitrogens with zero attached hydrogens (tertiary/aromatic N) is 4. The molecule has 2 aliphatic heterocycles. The van der Waals surface area contributed by atoms with Crippen molar-refractivity contribution < 1.29 is 18.4 Å². The average Bonchev–Trinajstić information content (AvgIpc) is 3.17. The molecule has 152 valence electrons. The second kappa shape index (κ2) is 8.29. The first-order valence-electron chi connectivity index (χ1n) is 8.86. The number of hydrogen-bond acceptors (Lipinski definition) is 5. The fourth-order valence-electron chi connectivity index (χ4n) is 2.81. The van der Waals surface area contributed by atoms with Gasteiger partial charge in [-0.1, -0.05) is 18.2 Å².